The van der Waals surface area contributed by atoms with Gasteiger partial charge in [0.2, 0.25) is 0 Å². The van der Waals surface area contributed by atoms with Crippen LogP contribution >= 0.6 is 0 Å². The summed E-state index contributed by atoms with van der Waals surface area (Å²) in [5.74, 6) is 0.460. The van der Waals surface area contributed by atoms with Gasteiger partial charge in [0.25, 0.3) is 0 Å². The molecule has 1 aromatic heterocycles. The van der Waals surface area contributed by atoms with Crippen molar-refractivity contribution < 1.29 is 14.3 Å². The van der Waals surface area contributed by atoms with Gasteiger partial charge in [-0.2, -0.15) is 0 Å². The Morgan fingerprint density at radius 3 is 2.75 bits per heavy atom. The Hall–Kier alpha value is -2.34. The van der Waals surface area contributed by atoms with Gasteiger partial charge in [0.15, 0.2) is 0 Å². The van der Waals surface area contributed by atoms with E-state index in [-0.39, 0.29) is 5.97 Å². The number of carbonyl (C=O) groups excluding carboxylic acids is 1. The average Bonchev–Trinajstić information content (AvgIpc) is 2.62. The van der Waals surface area contributed by atoms with Gasteiger partial charge in [-0.25, -0.2) is 4.79 Å². The second kappa shape index (κ2) is 7.49. The molecule has 6 nitrogen and oxygen atoms in total. The zero-order valence-electron chi connectivity index (χ0n) is 14.2. The van der Waals surface area contributed by atoms with Gasteiger partial charge in [0.05, 0.1) is 24.4 Å². The largest absolute Gasteiger partial charge is 0.494 e. The number of carbonyl (C=O) groups is 1. The average molecular weight is 329 g/mol. The van der Waals surface area contributed by atoms with E-state index in [4.69, 9.17) is 9.47 Å². The number of fused-ring (bicyclic) bond motifs is 1. The first-order valence-electron chi connectivity index (χ1n) is 8.43. The normalized spacial score (nSPS) is 14.7. The van der Waals surface area contributed by atoms with E-state index in [2.05, 4.69) is 15.2 Å². The number of esters is 1. The summed E-state index contributed by atoms with van der Waals surface area (Å²) < 4.78 is 10.8. The lowest BCUT2D eigenvalue weighted by molar-refractivity contribution is 0.0526. The molecule has 1 aliphatic rings. The number of hydrogen-bond donors (Lipinski definition) is 1. The Morgan fingerprint density at radius 2 is 2.04 bits per heavy atom. The van der Waals surface area contributed by atoms with Crippen LogP contribution in [0.5, 0.6) is 5.75 Å². The van der Waals surface area contributed by atoms with E-state index in [9.17, 15) is 4.79 Å². The van der Waals surface area contributed by atoms with Crippen molar-refractivity contribution in [2.75, 3.05) is 44.3 Å². The molecule has 0 radical (unpaired) electrons. The summed E-state index contributed by atoms with van der Waals surface area (Å²) in [6.45, 7) is 8.20. The molecule has 0 amide bonds. The SMILES string of the molecule is CCOC(=O)c1cnc2cc(OCC)ccc2c1N1CCNCC1. The van der Waals surface area contributed by atoms with Crippen LogP contribution in [0.25, 0.3) is 10.9 Å². The first kappa shape index (κ1) is 16.5. The second-order valence-corrected chi connectivity index (χ2v) is 5.59. The number of aromatic nitrogens is 1. The highest BCUT2D eigenvalue weighted by atomic mass is 16.5. The van der Waals surface area contributed by atoms with Crippen LogP contribution in [0.4, 0.5) is 5.69 Å². The Bertz CT molecular complexity index is 727. The van der Waals surface area contributed by atoms with E-state index in [1.54, 1.807) is 6.20 Å². The van der Waals surface area contributed by atoms with Crippen LogP contribution in [0.15, 0.2) is 24.4 Å². The summed E-state index contributed by atoms with van der Waals surface area (Å²) in [5.41, 5.74) is 2.25. The van der Waals surface area contributed by atoms with Crippen LogP contribution < -0.4 is 15.0 Å². The van der Waals surface area contributed by atoms with Crippen molar-refractivity contribution >= 4 is 22.6 Å². The molecule has 3 rings (SSSR count). The van der Waals surface area contributed by atoms with Gasteiger partial charge in [-0.3, -0.25) is 4.98 Å². The minimum absolute atomic E-state index is 0.325. The maximum absolute atomic E-state index is 12.4. The second-order valence-electron chi connectivity index (χ2n) is 5.59. The van der Waals surface area contributed by atoms with Crippen LogP contribution in [0.3, 0.4) is 0 Å². The minimum atomic E-state index is -0.325. The first-order valence-corrected chi connectivity index (χ1v) is 8.43. The molecule has 0 atom stereocenters. The van der Waals surface area contributed by atoms with Crippen molar-refractivity contribution in [3.63, 3.8) is 0 Å². The number of nitrogens with one attached hydrogen (secondary N) is 1. The molecule has 1 saturated heterocycles. The highest BCUT2D eigenvalue weighted by Gasteiger charge is 2.22. The monoisotopic (exact) mass is 329 g/mol. The molecule has 128 valence electrons. The van der Waals surface area contributed by atoms with E-state index < -0.39 is 0 Å². The summed E-state index contributed by atoms with van der Waals surface area (Å²) in [4.78, 5) is 19.1. The number of anilines is 1. The predicted octanol–water partition coefficient (Wildman–Crippen LogP) is 2.22. The molecule has 6 heteroatoms. The maximum Gasteiger partial charge on any atom is 0.341 e. The van der Waals surface area contributed by atoms with E-state index in [0.717, 1.165) is 48.5 Å². The van der Waals surface area contributed by atoms with Crippen molar-refractivity contribution in [2.45, 2.75) is 13.8 Å². The zero-order valence-corrected chi connectivity index (χ0v) is 14.2. The Kier molecular flexibility index (Phi) is 5.15. The van der Waals surface area contributed by atoms with Crippen LogP contribution in [-0.2, 0) is 4.74 Å². The third-order valence-corrected chi connectivity index (χ3v) is 4.05. The standard InChI is InChI=1S/C18H23N3O3/c1-3-23-13-5-6-14-16(11-13)20-12-15(18(22)24-4-2)17(14)21-9-7-19-8-10-21/h5-6,11-12,19H,3-4,7-10H2,1-2H3. The highest BCUT2D eigenvalue weighted by Crippen LogP contribution is 2.32. The number of rotatable bonds is 5. The van der Waals surface area contributed by atoms with Gasteiger partial charge in [-0.15, -0.1) is 0 Å². The fourth-order valence-corrected chi connectivity index (χ4v) is 3.00. The lowest BCUT2D eigenvalue weighted by Gasteiger charge is -2.31. The lowest BCUT2D eigenvalue weighted by atomic mass is 10.1. The van der Waals surface area contributed by atoms with Gasteiger partial charge in [-0.05, 0) is 26.0 Å². The van der Waals surface area contributed by atoms with Gasteiger partial charge in [-0.1, -0.05) is 0 Å². The number of nitrogens with zero attached hydrogens (tertiary/aromatic N) is 2. The third kappa shape index (κ3) is 3.28. The molecule has 1 aromatic carbocycles. The molecule has 0 unspecified atom stereocenters. The van der Waals surface area contributed by atoms with Crippen molar-refractivity contribution in [2.24, 2.45) is 0 Å². The van der Waals surface area contributed by atoms with Gasteiger partial charge < -0.3 is 19.7 Å². The third-order valence-electron chi connectivity index (χ3n) is 4.05. The molecule has 0 bridgehead atoms. The quantitative estimate of drug-likeness (QED) is 0.849. The summed E-state index contributed by atoms with van der Waals surface area (Å²) in [6.07, 6.45) is 1.62. The molecule has 0 spiro atoms. The van der Waals surface area contributed by atoms with Crippen molar-refractivity contribution in [1.29, 1.82) is 0 Å². The molecule has 1 N–H and O–H groups in total. The molecule has 1 aliphatic heterocycles. The molecule has 1 fully saturated rings. The topological polar surface area (TPSA) is 63.7 Å². The zero-order chi connectivity index (χ0) is 16.9. The van der Waals surface area contributed by atoms with Crippen LogP contribution in [0.1, 0.15) is 24.2 Å². The minimum Gasteiger partial charge on any atom is -0.494 e. The van der Waals surface area contributed by atoms with Gasteiger partial charge >= 0.3 is 5.97 Å². The van der Waals surface area contributed by atoms with E-state index in [1.807, 2.05) is 32.0 Å². The Morgan fingerprint density at radius 1 is 1.25 bits per heavy atom. The summed E-state index contributed by atoms with van der Waals surface area (Å²) >= 11 is 0. The number of benzene rings is 1. The maximum atomic E-state index is 12.4. The van der Waals surface area contributed by atoms with E-state index in [0.29, 0.717) is 18.8 Å². The molecule has 24 heavy (non-hydrogen) atoms. The van der Waals surface area contributed by atoms with E-state index in [1.165, 1.54) is 0 Å². The number of hydrogen-bond acceptors (Lipinski definition) is 6. The number of ether oxygens (including phenoxy) is 2. The number of piperazine rings is 1. The fraction of sp³-hybridized carbons (Fsp3) is 0.444. The van der Waals surface area contributed by atoms with Crippen molar-refractivity contribution in [3.8, 4) is 5.75 Å². The molecule has 2 heterocycles. The van der Waals surface area contributed by atoms with Gasteiger partial charge in [0.1, 0.15) is 11.3 Å². The highest BCUT2D eigenvalue weighted by molar-refractivity contribution is 6.05. The van der Waals surface area contributed by atoms with E-state index >= 15 is 0 Å². The lowest BCUT2D eigenvalue weighted by Crippen LogP contribution is -2.44. The molecule has 2 aromatic rings. The summed E-state index contributed by atoms with van der Waals surface area (Å²) in [7, 11) is 0. The first-order chi connectivity index (χ1) is 11.7. The van der Waals surface area contributed by atoms with Crippen molar-refractivity contribution in [3.05, 3.63) is 30.0 Å². The Balaban J connectivity index is 2.12. The van der Waals surface area contributed by atoms with Crippen LogP contribution in [0.2, 0.25) is 0 Å². The fourth-order valence-electron chi connectivity index (χ4n) is 3.00. The molecule has 0 aliphatic carbocycles. The summed E-state index contributed by atoms with van der Waals surface area (Å²) in [5, 5.41) is 4.29. The molecular formula is C18H23N3O3. The molecular weight excluding hydrogens is 306 g/mol. The van der Waals surface area contributed by atoms with Crippen molar-refractivity contribution in [1.82, 2.24) is 10.3 Å². The molecule has 0 saturated carbocycles. The Labute approximate surface area is 141 Å². The smallest absolute Gasteiger partial charge is 0.341 e. The predicted molar refractivity (Wildman–Crippen MR) is 94.0 cm³/mol. The van der Waals surface area contributed by atoms with Gasteiger partial charge in [0, 0.05) is 43.8 Å². The van der Waals surface area contributed by atoms with Crippen LogP contribution in [0, 0.1) is 0 Å². The van der Waals surface area contributed by atoms with Crippen LogP contribution in [-0.4, -0.2) is 50.3 Å². The summed E-state index contributed by atoms with van der Waals surface area (Å²) in [6, 6.07) is 5.82. The number of pyridine rings is 1.